The summed E-state index contributed by atoms with van der Waals surface area (Å²) in [6.45, 7) is 0. The largest absolute Gasteiger partial charge is 0.345 e. The molecule has 0 atom stereocenters. The van der Waals surface area contributed by atoms with Crippen LogP contribution in [0.2, 0.25) is 5.15 Å². The average Bonchev–Trinajstić information content (AvgIpc) is 3.02. The van der Waals surface area contributed by atoms with E-state index in [-0.39, 0.29) is 0 Å². The molecule has 4 heterocycles. The zero-order chi connectivity index (χ0) is 12.8. The average molecular weight is 269 g/mol. The van der Waals surface area contributed by atoms with E-state index in [4.69, 9.17) is 11.6 Å². The number of H-pyrrole nitrogens is 1. The second-order valence-corrected chi connectivity index (χ2v) is 4.74. The smallest absolute Gasteiger partial charge is 0.139 e. The topological polar surface area (TPSA) is 46.0 Å². The fourth-order valence-corrected chi connectivity index (χ4v) is 2.46. The predicted octanol–water partition coefficient (Wildman–Crippen LogP) is 3.53. The molecule has 0 amide bonds. The molecule has 0 bridgehead atoms. The quantitative estimate of drug-likeness (QED) is 0.537. The monoisotopic (exact) mass is 268 g/mol. The molecule has 4 rings (SSSR count). The van der Waals surface area contributed by atoms with Gasteiger partial charge in [0.2, 0.25) is 0 Å². The number of hydrogen-bond acceptors (Lipinski definition) is 2. The third-order valence-corrected chi connectivity index (χ3v) is 3.43. The van der Waals surface area contributed by atoms with E-state index in [1.807, 2.05) is 35.1 Å². The first-order chi connectivity index (χ1) is 9.31. The number of fused-ring (bicyclic) bond motifs is 2. The minimum atomic E-state index is 0.493. The standard InChI is InChI=1S/C14H9ClN4/c15-13-2-1-11-12(8-16-14(11)18-13)9-4-6-19-10(7-9)3-5-17-19/h1-8H,(H,16,18). The van der Waals surface area contributed by atoms with E-state index in [2.05, 4.69) is 21.1 Å². The summed E-state index contributed by atoms with van der Waals surface area (Å²) in [5.74, 6) is 0. The van der Waals surface area contributed by atoms with Crippen molar-refractivity contribution in [3.63, 3.8) is 0 Å². The maximum Gasteiger partial charge on any atom is 0.139 e. The van der Waals surface area contributed by atoms with Gasteiger partial charge in [-0.25, -0.2) is 9.50 Å². The van der Waals surface area contributed by atoms with Crippen LogP contribution in [0.4, 0.5) is 0 Å². The fraction of sp³-hybridized carbons (Fsp3) is 0. The Kier molecular flexibility index (Phi) is 2.13. The molecule has 0 aliphatic carbocycles. The summed E-state index contributed by atoms with van der Waals surface area (Å²) < 4.78 is 1.84. The minimum Gasteiger partial charge on any atom is -0.345 e. The molecule has 0 aromatic carbocycles. The van der Waals surface area contributed by atoms with E-state index >= 15 is 0 Å². The summed E-state index contributed by atoms with van der Waals surface area (Å²) in [7, 11) is 0. The lowest BCUT2D eigenvalue weighted by atomic mass is 10.1. The lowest BCUT2D eigenvalue weighted by Crippen LogP contribution is -1.86. The number of nitrogens with one attached hydrogen (secondary N) is 1. The minimum absolute atomic E-state index is 0.493. The third-order valence-electron chi connectivity index (χ3n) is 3.22. The van der Waals surface area contributed by atoms with Crippen molar-refractivity contribution in [3.8, 4) is 11.1 Å². The molecule has 0 unspecified atom stereocenters. The van der Waals surface area contributed by atoms with Gasteiger partial charge in [-0.05, 0) is 35.9 Å². The van der Waals surface area contributed by atoms with Crippen molar-refractivity contribution >= 4 is 28.2 Å². The normalized spacial score (nSPS) is 11.4. The van der Waals surface area contributed by atoms with Crippen LogP contribution in [-0.2, 0) is 0 Å². The lowest BCUT2D eigenvalue weighted by Gasteiger charge is -2.01. The van der Waals surface area contributed by atoms with Gasteiger partial charge in [-0.15, -0.1) is 0 Å². The Balaban J connectivity index is 1.97. The van der Waals surface area contributed by atoms with Gasteiger partial charge in [-0.2, -0.15) is 5.10 Å². The molecule has 4 aromatic rings. The third kappa shape index (κ3) is 1.61. The summed E-state index contributed by atoms with van der Waals surface area (Å²) >= 11 is 5.89. The molecule has 0 aliphatic heterocycles. The van der Waals surface area contributed by atoms with Crippen LogP contribution in [0, 0.1) is 0 Å². The number of pyridine rings is 2. The molecule has 0 saturated heterocycles. The number of halogens is 1. The van der Waals surface area contributed by atoms with Crippen molar-refractivity contribution in [1.29, 1.82) is 0 Å². The molecule has 0 fully saturated rings. The molecule has 0 aliphatic rings. The van der Waals surface area contributed by atoms with Gasteiger partial charge in [0.15, 0.2) is 0 Å². The van der Waals surface area contributed by atoms with Gasteiger partial charge in [0, 0.05) is 29.5 Å². The Morgan fingerprint density at radius 1 is 1.16 bits per heavy atom. The van der Waals surface area contributed by atoms with Crippen LogP contribution >= 0.6 is 11.6 Å². The fourth-order valence-electron chi connectivity index (χ4n) is 2.31. The molecule has 0 spiro atoms. The highest BCUT2D eigenvalue weighted by molar-refractivity contribution is 6.29. The van der Waals surface area contributed by atoms with E-state index in [0.717, 1.165) is 27.7 Å². The molecule has 1 N–H and O–H groups in total. The summed E-state index contributed by atoms with van der Waals surface area (Å²) in [6, 6.07) is 9.91. The van der Waals surface area contributed by atoms with Crippen LogP contribution in [0.3, 0.4) is 0 Å². The van der Waals surface area contributed by atoms with Crippen LogP contribution in [0.15, 0.2) is 48.9 Å². The number of aromatic amines is 1. The van der Waals surface area contributed by atoms with Crippen LogP contribution in [-0.4, -0.2) is 19.6 Å². The Morgan fingerprint density at radius 3 is 3.05 bits per heavy atom. The maximum absolute atomic E-state index is 5.89. The van der Waals surface area contributed by atoms with Gasteiger partial charge in [-0.1, -0.05) is 11.6 Å². The molecular weight excluding hydrogens is 260 g/mol. The second kappa shape index (κ2) is 3.83. The highest BCUT2D eigenvalue weighted by atomic mass is 35.5. The number of hydrogen-bond donors (Lipinski definition) is 1. The predicted molar refractivity (Wildman–Crippen MR) is 75.3 cm³/mol. The molecule has 4 aromatic heterocycles. The zero-order valence-electron chi connectivity index (χ0n) is 9.84. The summed E-state index contributed by atoms with van der Waals surface area (Å²) in [4.78, 5) is 7.42. The second-order valence-electron chi connectivity index (χ2n) is 4.35. The number of nitrogens with zero attached hydrogens (tertiary/aromatic N) is 3. The Bertz CT molecular complexity index is 891. The van der Waals surface area contributed by atoms with Crippen molar-refractivity contribution in [2.75, 3.05) is 0 Å². The van der Waals surface area contributed by atoms with E-state index < -0.39 is 0 Å². The Morgan fingerprint density at radius 2 is 2.11 bits per heavy atom. The van der Waals surface area contributed by atoms with Crippen molar-refractivity contribution in [1.82, 2.24) is 19.6 Å². The van der Waals surface area contributed by atoms with Crippen LogP contribution in [0.1, 0.15) is 0 Å². The van der Waals surface area contributed by atoms with Gasteiger partial charge in [-0.3, -0.25) is 0 Å². The first-order valence-electron chi connectivity index (χ1n) is 5.89. The van der Waals surface area contributed by atoms with Crippen LogP contribution in [0.5, 0.6) is 0 Å². The van der Waals surface area contributed by atoms with Crippen molar-refractivity contribution < 1.29 is 0 Å². The molecule has 92 valence electrons. The summed E-state index contributed by atoms with van der Waals surface area (Å²) in [5, 5.41) is 5.75. The zero-order valence-corrected chi connectivity index (χ0v) is 10.6. The molecular formula is C14H9ClN4. The van der Waals surface area contributed by atoms with Crippen molar-refractivity contribution in [3.05, 3.63) is 54.1 Å². The lowest BCUT2D eigenvalue weighted by molar-refractivity contribution is 0.962. The summed E-state index contributed by atoms with van der Waals surface area (Å²) in [5.41, 5.74) is 4.11. The van der Waals surface area contributed by atoms with Crippen LogP contribution < -0.4 is 0 Å². The molecule has 0 radical (unpaired) electrons. The van der Waals surface area contributed by atoms with Gasteiger partial charge < -0.3 is 4.98 Å². The van der Waals surface area contributed by atoms with Gasteiger partial charge in [0.1, 0.15) is 10.8 Å². The van der Waals surface area contributed by atoms with Gasteiger partial charge in [0.25, 0.3) is 0 Å². The van der Waals surface area contributed by atoms with Crippen molar-refractivity contribution in [2.45, 2.75) is 0 Å². The number of aromatic nitrogens is 4. The SMILES string of the molecule is Clc1ccc2c(-c3ccn4nccc4c3)c[nH]c2n1. The molecule has 5 heteroatoms. The van der Waals surface area contributed by atoms with E-state index in [0.29, 0.717) is 5.15 Å². The molecule has 4 nitrogen and oxygen atoms in total. The Labute approximate surface area is 113 Å². The first-order valence-corrected chi connectivity index (χ1v) is 6.26. The Hall–Kier alpha value is -2.33. The summed E-state index contributed by atoms with van der Waals surface area (Å²) in [6.07, 6.45) is 5.69. The van der Waals surface area contributed by atoms with E-state index in [1.54, 1.807) is 12.3 Å². The molecule has 19 heavy (non-hydrogen) atoms. The highest BCUT2D eigenvalue weighted by Gasteiger charge is 2.08. The molecule has 0 saturated carbocycles. The van der Waals surface area contributed by atoms with Gasteiger partial charge in [0.05, 0.1) is 5.52 Å². The maximum atomic E-state index is 5.89. The highest BCUT2D eigenvalue weighted by Crippen LogP contribution is 2.29. The number of rotatable bonds is 1. The van der Waals surface area contributed by atoms with Gasteiger partial charge >= 0.3 is 0 Å². The van der Waals surface area contributed by atoms with Crippen LogP contribution in [0.25, 0.3) is 27.7 Å². The van der Waals surface area contributed by atoms with E-state index in [9.17, 15) is 0 Å². The van der Waals surface area contributed by atoms with E-state index in [1.165, 1.54) is 0 Å². The van der Waals surface area contributed by atoms with Crippen molar-refractivity contribution in [2.24, 2.45) is 0 Å². The first kappa shape index (κ1) is 10.6.